The van der Waals surface area contributed by atoms with Gasteiger partial charge in [-0.1, -0.05) is 60.7 Å². The van der Waals surface area contributed by atoms with Crippen molar-refractivity contribution in [3.05, 3.63) is 71.8 Å². The van der Waals surface area contributed by atoms with Crippen LogP contribution in [0.25, 0.3) is 0 Å². The van der Waals surface area contributed by atoms with Crippen LogP contribution in [0.1, 0.15) is 62.7 Å². The highest BCUT2D eigenvalue weighted by atomic mass is 19.4. The highest BCUT2D eigenvalue weighted by molar-refractivity contribution is 5.21. The first-order chi connectivity index (χ1) is 33.5. The van der Waals surface area contributed by atoms with Crippen molar-refractivity contribution in [2.24, 2.45) is 0 Å². The maximum atomic E-state index is 14.9. The molecule has 0 aliphatic rings. The minimum atomic E-state index is -8.91. The number of alkyl halides is 34. The van der Waals surface area contributed by atoms with E-state index in [-0.39, 0.29) is 11.1 Å². The van der Waals surface area contributed by atoms with Gasteiger partial charge in [0, 0.05) is 38.0 Å². The van der Waals surface area contributed by atoms with Crippen LogP contribution in [-0.2, 0) is 0 Å². The lowest BCUT2D eigenvalue weighted by Crippen LogP contribution is -2.74. The van der Waals surface area contributed by atoms with Crippen molar-refractivity contribution in [1.82, 2.24) is 9.80 Å². The maximum Gasteiger partial charge on any atom is 0.460 e. The van der Waals surface area contributed by atoms with Crippen LogP contribution in [0.4, 0.5) is 149 Å². The van der Waals surface area contributed by atoms with Crippen LogP contribution in [0.15, 0.2) is 60.7 Å². The van der Waals surface area contributed by atoms with Crippen molar-refractivity contribution in [2.75, 3.05) is 26.2 Å². The highest BCUT2D eigenvalue weighted by Crippen LogP contribution is 2.66. The summed E-state index contributed by atoms with van der Waals surface area (Å²) < 4.78 is 471. The number of halogens is 34. The SMILES string of the molecule is C[C@H](c1ccccc1)N(CCCC(F)(F)C(F)(F)C(F)(F)C(F)(F)C(F)(F)C(F)(F)C(F)(F)C(F)(F)F)CCN(CCCC(F)(F)C(F)(F)C(F)(F)C(F)(F)C(F)(F)C(F)(F)C(F)(F)C(F)(F)F)[C@H](C)c1ccccc1. The molecule has 0 unspecified atom stereocenters. The summed E-state index contributed by atoms with van der Waals surface area (Å²) in [6.45, 7) is -2.03. The van der Waals surface area contributed by atoms with Gasteiger partial charge in [-0.05, 0) is 50.9 Å². The Morgan fingerprint density at radius 3 is 0.684 bits per heavy atom. The van der Waals surface area contributed by atoms with Gasteiger partial charge in [0.15, 0.2) is 0 Å². The van der Waals surface area contributed by atoms with E-state index in [1.165, 1.54) is 60.7 Å². The van der Waals surface area contributed by atoms with E-state index in [1.807, 2.05) is 0 Å². The molecule has 2 aromatic carbocycles. The van der Waals surface area contributed by atoms with E-state index in [0.717, 1.165) is 23.6 Å². The summed E-state index contributed by atoms with van der Waals surface area (Å²) in [6.07, 6.45) is -25.3. The van der Waals surface area contributed by atoms with E-state index >= 15 is 0 Å². The molecule has 0 radical (unpaired) electrons. The molecule has 0 bridgehead atoms. The average molecular weight is 1190 g/mol. The average Bonchev–Trinajstić information content (AvgIpc) is 3.27. The number of hydrogen-bond acceptors (Lipinski definition) is 2. The predicted molar refractivity (Wildman–Crippen MR) is 193 cm³/mol. The molecular formula is C40H34F34N2. The summed E-state index contributed by atoms with van der Waals surface area (Å²) in [4.78, 5) is 1.61. The second-order valence-corrected chi connectivity index (χ2v) is 16.7. The van der Waals surface area contributed by atoms with Crippen LogP contribution in [0.3, 0.4) is 0 Å². The Balaban J connectivity index is 2.55. The van der Waals surface area contributed by atoms with E-state index in [1.54, 1.807) is 0 Å². The number of hydrogen-bond donors (Lipinski definition) is 0. The molecule has 0 heterocycles. The summed E-state index contributed by atoms with van der Waals surface area (Å²) in [5, 5.41) is 0. The second kappa shape index (κ2) is 21.2. The molecule has 0 amide bonds. The topological polar surface area (TPSA) is 6.48 Å². The van der Waals surface area contributed by atoms with Gasteiger partial charge in [-0.2, -0.15) is 149 Å². The molecule has 2 aromatic rings. The van der Waals surface area contributed by atoms with Crippen molar-refractivity contribution >= 4 is 0 Å². The fourth-order valence-corrected chi connectivity index (χ4v) is 6.85. The largest absolute Gasteiger partial charge is 0.460 e. The summed E-state index contributed by atoms with van der Waals surface area (Å²) in [5.74, 6) is -117. The number of rotatable bonds is 27. The Labute approximate surface area is 404 Å². The molecule has 0 N–H and O–H groups in total. The lowest BCUT2D eigenvalue weighted by Gasteiger charge is -2.43. The lowest BCUT2D eigenvalue weighted by molar-refractivity contribution is -0.461. The highest BCUT2D eigenvalue weighted by Gasteiger charge is 2.97. The zero-order chi connectivity index (χ0) is 60.2. The molecule has 0 saturated heterocycles. The smallest absolute Gasteiger partial charge is 0.295 e. The van der Waals surface area contributed by atoms with Crippen molar-refractivity contribution in [1.29, 1.82) is 0 Å². The van der Waals surface area contributed by atoms with E-state index < -0.39 is 159 Å². The molecule has 2 atom stereocenters. The Morgan fingerprint density at radius 2 is 0.474 bits per heavy atom. The zero-order valence-electron chi connectivity index (χ0n) is 37.3. The maximum absolute atomic E-state index is 14.9. The van der Waals surface area contributed by atoms with Crippen molar-refractivity contribution < 1.29 is 149 Å². The molecule has 0 saturated carbocycles. The first-order valence-corrected chi connectivity index (χ1v) is 20.5. The van der Waals surface area contributed by atoms with Crippen LogP contribution in [0.5, 0.6) is 0 Å². The molecule has 0 aromatic heterocycles. The van der Waals surface area contributed by atoms with E-state index in [0.29, 0.717) is 0 Å². The van der Waals surface area contributed by atoms with Gasteiger partial charge in [-0.15, -0.1) is 0 Å². The van der Waals surface area contributed by atoms with Crippen molar-refractivity contribution in [3.63, 3.8) is 0 Å². The third-order valence-electron chi connectivity index (χ3n) is 11.8. The lowest BCUT2D eigenvalue weighted by atomic mass is 9.88. The summed E-state index contributed by atoms with van der Waals surface area (Å²) in [5.41, 5.74) is 0.106. The third-order valence-corrected chi connectivity index (χ3v) is 11.8. The summed E-state index contributed by atoms with van der Waals surface area (Å²) in [7, 11) is 0. The van der Waals surface area contributed by atoms with Crippen LogP contribution in [-0.4, -0.2) is 131 Å². The fourth-order valence-electron chi connectivity index (χ4n) is 6.85. The normalized spacial score (nSPS) is 16.4. The van der Waals surface area contributed by atoms with Gasteiger partial charge in [0.05, 0.1) is 0 Å². The molecule has 442 valence electrons. The first kappa shape index (κ1) is 68.1. The minimum Gasteiger partial charge on any atom is -0.295 e. The molecule has 2 nitrogen and oxygen atoms in total. The van der Waals surface area contributed by atoms with Gasteiger partial charge in [0.1, 0.15) is 0 Å². The van der Waals surface area contributed by atoms with Crippen molar-refractivity contribution in [2.45, 2.75) is 147 Å². The van der Waals surface area contributed by atoms with Gasteiger partial charge < -0.3 is 0 Å². The van der Waals surface area contributed by atoms with Crippen LogP contribution in [0.2, 0.25) is 0 Å². The predicted octanol–water partition coefficient (Wildman–Crippen LogP) is 16.7. The zero-order valence-corrected chi connectivity index (χ0v) is 37.3. The van der Waals surface area contributed by atoms with E-state index in [4.69, 9.17) is 0 Å². The number of benzene rings is 2. The van der Waals surface area contributed by atoms with E-state index in [2.05, 4.69) is 0 Å². The monoisotopic (exact) mass is 1190 g/mol. The minimum absolute atomic E-state index is 0.0531. The molecule has 0 aliphatic carbocycles. The second-order valence-electron chi connectivity index (χ2n) is 16.7. The Bertz CT molecular complexity index is 2030. The van der Waals surface area contributed by atoms with Crippen LogP contribution in [0, 0.1) is 0 Å². The standard InChI is InChI=1S/C40H34F34N2/c1-21(23-11-5-3-6-12-23)75(17-9-15-25(41,42)27(45,46)29(49,50)31(53,54)33(57,58)35(61,62)37(65,66)39(69,70)71)19-20-76(22(2)24-13-7-4-8-14-24)18-10-16-26(43,44)28(47,48)30(51,52)32(55,56)34(59,60)36(63,64)38(67,68)40(72,73)74/h3-8,11-14,21-22H,9-10,15-20H2,1-2H3/t21-,22-/m1/s1. The van der Waals surface area contributed by atoms with Gasteiger partial charge in [-0.3, -0.25) is 9.80 Å². The Morgan fingerprint density at radius 1 is 0.276 bits per heavy atom. The fraction of sp³-hybridized carbons (Fsp3) is 0.700. The van der Waals surface area contributed by atoms with Crippen LogP contribution >= 0.6 is 0 Å². The Hall–Kier alpha value is -4.02. The molecule has 0 aliphatic heterocycles. The Kier molecular flexibility index (Phi) is 19.0. The molecule has 76 heavy (non-hydrogen) atoms. The third kappa shape index (κ3) is 11.1. The van der Waals surface area contributed by atoms with Gasteiger partial charge in [0.2, 0.25) is 0 Å². The van der Waals surface area contributed by atoms with Gasteiger partial charge >= 0.3 is 95.3 Å². The molecule has 0 spiro atoms. The number of nitrogens with zero attached hydrogens (tertiary/aromatic N) is 2. The molecule has 36 heteroatoms. The quantitative estimate of drug-likeness (QED) is 0.0823. The molecular weight excluding hydrogens is 1150 g/mol. The van der Waals surface area contributed by atoms with E-state index in [9.17, 15) is 149 Å². The van der Waals surface area contributed by atoms with Crippen molar-refractivity contribution in [3.8, 4) is 0 Å². The molecule has 0 fully saturated rings. The summed E-state index contributed by atoms with van der Waals surface area (Å²) >= 11 is 0. The van der Waals surface area contributed by atoms with Gasteiger partial charge in [0.25, 0.3) is 0 Å². The molecule has 2 rings (SSSR count). The van der Waals surface area contributed by atoms with Gasteiger partial charge in [-0.25, -0.2) is 0 Å². The van der Waals surface area contributed by atoms with Crippen LogP contribution < -0.4 is 0 Å². The first-order valence-electron chi connectivity index (χ1n) is 20.5. The summed E-state index contributed by atoms with van der Waals surface area (Å²) in [6, 6.07) is 9.77.